The number of nitrogens with one attached hydrogen (secondary N) is 1. The predicted molar refractivity (Wildman–Crippen MR) is 155 cm³/mol. The number of benzene rings is 2. The van der Waals surface area contributed by atoms with Crippen LogP contribution >= 0.6 is 0 Å². The van der Waals surface area contributed by atoms with Gasteiger partial charge in [-0.05, 0) is 63.3 Å². The first-order valence-corrected chi connectivity index (χ1v) is 14.2. The molecule has 1 unspecified atom stereocenters. The van der Waals surface area contributed by atoms with Crippen LogP contribution in [0.2, 0.25) is 0 Å². The van der Waals surface area contributed by atoms with Gasteiger partial charge in [0, 0.05) is 17.3 Å². The van der Waals surface area contributed by atoms with E-state index in [4.69, 9.17) is 5.10 Å². The average molecular weight is 515 g/mol. The van der Waals surface area contributed by atoms with Gasteiger partial charge in [0.05, 0.1) is 12.2 Å². The van der Waals surface area contributed by atoms with Crippen molar-refractivity contribution < 1.29 is 9.59 Å². The molecule has 0 radical (unpaired) electrons. The number of fused-ring (bicyclic) bond motifs is 1. The molecular formula is C32H42N4O2. The lowest BCUT2D eigenvalue weighted by molar-refractivity contribution is -0.127. The molecule has 0 bridgehead atoms. The van der Waals surface area contributed by atoms with Gasteiger partial charge in [-0.3, -0.25) is 19.2 Å². The number of aromatic nitrogens is 2. The Bertz CT molecular complexity index is 1290. The number of carbonyl (C=O) groups is 2. The molecule has 2 heterocycles. The number of hydrogen-bond acceptors (Lipinski definition) is 3. The summed E-state index contributed by atoms with van der Waals surface area (Å²) in [4.78, 5) is 29.7. The highest BCUT2D eigenvalue weighted by Crippen LogP contribution is 2.36. The zero-order valence-electron chi connectivity index (χ0n) is 23.8. The molecule has 1 fully saturated rings. The smallest absolute Gasteiger partial charge is 0.277 e. The van der Waals surface area contributed by atoms with E-state index in [1.54, 1.807) is 9.58 Å². The standard InChI is InChI=1S/C30H36N4O2.C2H6/c1-5-22-12-14-23(15-13-22)25-18-27-28(35)34(26-16-11-20(2)17-21(26)3)30(4,19-33(27)32-25)29(36)31-24-9-7-6-8-10-24;1-2/h11-18,24H,5-10,19H2,1-4H3,(H,31,36);1-2H3. The van der Waals surface area contributed by atoms with Crippen LogP contribution in [0.1, 0.15) is 87.0 Å². The lowest BCUT2D eigenvalue weighted by Gasteiger charge is -2.44. The van der Waals surface area contributed by atoms with E-state index in [2.05, 4.69) is 42.6 Å². The maximum Gasteiger partial charge on any atom is 0.277 e. The molecule has 3 aromatic rings. The highest BCUT2D eigenvalue weighted by Gasteiger charge is 2.49. The zero-order valence-corrected chi connectivity index (χ0v) is 23.8. The van der Waals surface area contributed by atoms with Crippen molar-refractivity contribution in [2.45, 2.75) is 98.2 Å². The molecule has 0 saturated heterocycles. The molecule has 6 heteroatoms. The van der Waals surface area contributed by atoms with Gasteiger partial charge in [0.2, 0.25) is 5.91 Å². The molecule has 2 aromatic carbocycles. The molecule has 5 rings (SSSR count). The first-order chi connectivity index (χ1) is 18.3. The second kappa shape index (κ2) is 11.5. The van der Waals surface area contributed by atoms with E-state index < -0.39 is 5.54 Å². The van der Waals surface area contributed by atoms with Crippen LogP contribution in [-0.2, 0) is 17.8 Å². The van der Waals surface area contributed by atoms with Crippen LogP contribution in [0.25, 0.3) is 11.3 Å². The topological polar surface area (TPSA) is 67.2 Å². The number of carbonyl (C=O) groups excluding carboxylic acids is 2. The molecule has 1 aliphatic carbocycles. The van der Waals surface area contributed by atoms with Gasteiger partial charge < -0.3 is 5.32 Å². The van der Waals surface area contributed by atoms with E-state index in [1.165, 1.54) is 12.0 Å². The molecule has 1 aromatic heterocycles. The quantitative estimate of drug-likeness (QED) is 0.416. The summed E-state index contributed by atoms with van der Waals surface area (Å²) in [6, 6.07) is 16.3. The van der Waals surface area contributed by atoms with E-state index in [0.717, 1.165) is 60.2 Å². The van der Waals surface area contributed by atoms with Crippen molar-refractivity contribution in [1.82, 2.24) is 15.1 Å². The van der Waals surface area contributed by atoms with Gasteiger partial charge in [0.25, 0.3) is 5.91 Å². The number of amides is 2. The predicted octanol–water partition coefficient (Wildman–Crippen LogP) is 6.62. The number of nitrogens with zero attached hydrogens (tertiary/aromatic N) is 3. The Morgan fingerprint density at radius 2 is 1.71 bits per heavy atom. The normalized spacial score (nSPS) is 19.4. The van der Waals surface area contributed by atoms with E-state index >= 15 is 0 Å². The summed E-state index contributed by atoms with van der Waals surface area (Å²) in [6.45, 7) is 12.3. The number of rotatable bonds is 5. The molecule has 1 aliphatic heterocycles. The molecular weight excluding hydrogens is 472 g/mol. The fourth-order valence-corrected chi connectivity index (χ4v) is 5.66. The first-order valence-electron chi connectivity index (χ1n) is 14.2. The van der Waals surface area contributed by atoms with Gasteiger partial charge in [0.15, 0.2) is 0 Å². The summed E-state index contributed by atoms with van der Waals surface area (Å²) in [7, 11) is 0. The van der Waals surface area contributed by atoms with E-state index in [1.807, 2.05) is 52.8 Å². The lowest BCUT2D eigenvalue weighted by atomic mass is 9.90. The third kappa shape index (κ3) is 5.27. The molecule has 38 heavy (non-hydrogen) atoms. The Morgan fingerprint density at radius 1 is 1.03 bits per heavy atom. The molecule has 202 valence electrons. The van der Waals surface area contributed by atoms with Crippen molar-refractivity contribution in [3.8, 4) is 11.3 Å². The maximum atomic E-state index is 14.1. The molecule has 0 spiro atoms. The molecule has 1 N–H and O–H groups in total. The molecule has 1 atom stereocenters. The highest BCUT2D eigenvalue weighted by molar-refractivity contribution is 6.12. The van der Waals surface area contributed by atoms with Crippen LogP contribution in [0.15, 0.2) is 48.5 Å². The van der Waals surface area contributed by atoms with Gasteiger partial charge in [-0.25, -0.2) is 0 Å². The van der Waals surface area contributed by atoms with Gasteiger partial charge in [-0.15, -0.1) is 0 Å². The van der Waals surface area contributed by atoms with Crippen molar-refractivity contribution in [1.29, 1.82) is 0 Å². The van der Waals surface area contributed by atoms with Crippen LogP contribution in [0.5, 0.6) is 0 Å². The Kier molecular flexibility index (Phi) is 8.39. The first kappa shape index (κ1) is 27.6. The van der Waals surface area contributed by atoms with E-state index in [-0.39, 0.29) is 17.9 Å². The number of anilines is 1. The van der Waals surface area contributed by atoms with Crippen LogP contribution < -0.4 is 10.2 Å². The average Bonchev–Trinajstić information content (AvgIpc) is 3.35. The minimum absolute atomic E-state index is 0.113. The van der Waals surface area contributed by atoms with Crippen LogP contribution in [-0.4, -0.2) is 33.2 Å². The van der Waals surface area contributed by atoms with Crippen LogP contribution in [0, 0.1) is 13.8 Å². The largest absolute Gasteiger partial charge is 0.351 e. The minimum atomic E-state index is -1.10. The maximum absolute atomic E-state index is 14.1. The molecule has 2 aliphatic rings. The summed E-state index contributed by atoms with van der Waals surface area (Å²) < 4.78 is 1.73. The van der Waals surface area contributed by atoms with Crippen molar-refractivity contribution in [3.05, 3.63) is 70.9 Å². The monoisotopic (exact) mass is 514 g/mol. The van der Waals surface area contributed by atoms with Gasteiger partial charge >= 0.3 is 0 Å². The fourth-order valence-electron chi connectivity index (χ4n) is 5.66. The lowest BCUT2D eigenvalue weighted by Crippen LogP contribution is -2.65. The van der Waals surface area contributed by atoms with Crippen LogP contribution in [0.4, 0.5) is 5.69 Å². The Morgan fingerprint density at radius 3 is 2.34 bits per heavy atom. The molecule has 1 saturated carbocycles. The highest BCUT2D eigenvalue weighted by atomic mass is 16.2. The van der Waals surface area contributed by atoms with Crippen molar-refractivity contribution >= 4 is 17.5 Å². The Hall–Kier alpha value is -3.41. The van der Waals surface area contributed by atoms with Gasteiger partial charge in [-0.2, -0.15) is 5.10 Å². The summed E-state index contributed by atoms with van der Waals surface area (Å²) in [5.41, 5.74) is 5.25. The molecule has 2 amide bonds. The van der Waals surface area contributed by atoms with Gasteiger partial charge in [0.1, 0.15) is 11.2 Å². The fraction of sp³-hybridized carbons (Fsp3) is 0.469. The van der Waals surface area contributed by atoms with Crippen molar-refractivity contribution in [3.63, 3.8) is 0 Å². The summed E-state index contributed by atoms with van der Waals surface area (Å²) in [5.74, 6) is -0.309. The van der Waals surface area contributed by atoms with Crippen molar-refractivity contribution in [2.75, 3.05) is 4.90 Å². The SMILES string of the molecule is CC.CCc1ccc(-c2cc3n(n2)CC(C)(C(=O)NC2CCCCC2)N(c2ccc(C)cc2C)C3=O)cc1. The summed E-state index contributed by atoms with van der Waals surface area (Å²) >= 11 is 0. The van der Waals surface area contributed by atoms with E-state index in [9.17, 15) is 9.59 Å². The summed E-state index contributed by atoms with van der Waals surface area (Å²) in [6.07, 6.45) is 6.43. The second-order valence-electron chi connectivity index (χ2n) is 10.6. The third-order valence-electron chi connectivity index (χ3n) is 7.83. The minimum Gasteiger partial charge on any atom is -0.351 e. The van der Waals surface area contributed by atoms with E-state index in [0.29, 0.717) is 12.2 Å². The molecule has 6 nitrogen and oxygen atoms in total. The van der Waals surface area contributed by atoms with Crippen LogP contribution in [0.3, 0.4) is 0 Å². The Balaban J connectivity index is 0.00000164. The number of aryl methyl sites for hydroxylation is 3. The van der Waals surface area contributed by atoms with Gasteiger partial charge in [-0.1, -0.05) is 82.0 Å². The zero-order chi connectivity index (χ0) is 27.4. The van der Waals surface area contributed by atoms with Crippen molar-refractivity contribution in [2.24, 2.45) is 0 Å². The Labute approximate surface area is 227 Å². The third-order valence-corrected chi connectivity index (χ3v) is 7.83. The summed E-state index contributed by atoms with van der Waals surface area (Å²) in [5, 5.41) is 8.09. The second-order valence-corrected chi connectivity index (χ2v) is 10.6. The number of hydrogen-bond donors (Lipinski definition) is 1.